The Morgan fingerprint density at radius 1 is 1.12 bits per heavy atom. The average Bonchev–Trinajstić information content (AvgIpc) is 2.54. The van der Waals surface area contributed by atoms with Crippen LogP contribution in [0.5, 0.6) is 0 Å². The number of carbonyl (C=O) groups excluding carboxylic acids is 2. The Balaban J connectivity index is 2.08. The number of ketones is 1. The van der Waals surface area contributed by atoms with Crippen molar-refractivity contribution in [1.82, 2.24) is 10.6 Å². The van der Waals surface area contributed by atoms with E-state index in [0.29, 0.717) is 5.56 Å². The van der Waals surface area contributed by atoms with Crippen molar-refractivity contribution in [2.75, 3.05) is 0 Å². The van der Waals surface area contributed by atoms with Gasteiger partial charge in [-0.1, -0.05) is 54.6 Å². The molecule has 1 saturated heterocycles. The van der Waals surface area contributed by atoms with E-state index in [4.69, 9.17) is 11.6 Å². The first kappa shape index (κ1) is 16.2. The second kappa shape index (κ2) is 6.45. The van der Waals surface area contributed by atoms with Gasteiger partial charge in [0.1, 0.15) is 5.82 Å². The number of urea groups is 1. The number of benzene rings is 2. The van der Waals surface area contributed by atoms with Crippen LogP contribution in [-0.4, -0.2) is 11.8 Å². The molecular formula is C18H14ClFN2O2. The van der Waals surface area contributed by atoms with E-state index in [1.807, 2.05) is 0 Å². The monoisotopic (exact) mass is 344 g/mol. The molecule has 6 heteroatoms. The van der Waals surface area contributed by atoms with E-state index in [1.54, 1.807) is 30.3 Å². The molecule has 0 bridgehead atoms. The summed E-state index contributed by atoms with van der Waals surface area (Å²) in [6.45, 7) is 3.77. The van der Waals surface area contributed by atoms with Crippen molar-refractivity contribution >= 4 is 23.4 Å². The lowest BCUT2D eigenvalue weighted by Crippen LogP contribution is -2.51. The molecule has 0 aliphatic carbocycles. The third kappa shape index (κ3) is 2.90. The number of Topliss-reactive ketones (excluding diaryl/α,β-unsaturated/α-hetero) is 1. The molecule has 0 unspecified atom stereocenters. The van der Waals surface area contributed by atoms with Gasteiger partial charge in [0.05, 0.1) is 12.0 Å². The Labute approximate surface area is 143 Å². The molecule has 1 aliphatic rings. The SMILES string of the molecule is C=C1NC(=O)N[C@@H](c2c(F)cccc2Cl)[C@@H]1C(=O)c1ccccc1. The summed E-state index contributed by atoms with van der Waals surface area (Å²) in [6, 6.07) is 11.3. The van der Waals surface area contributed by atoms with Gasteiger partial charge >= 0.3 is 6.03 Å². The van der Waals surface area contributed by atoms with E-state index in [0.717, 1.165) is 0 Å². The highest BCUT2D eigenvalue weighted by Gasteiger charge is 2.40. The van der Waals surface area contributed by atoms with Gasteiger partial charge < -0.3 is 10.6 Å². The average molecular weight is 345 g/mol. The minimum atomic E-state index is -0.937. The van der Waals surface area contributed by atoms with Gasteiger partial charge in [0.2, 0.25) is 0 Å². The van der Waals surface area contributed by atoms with Gasteiger partial charge in [-0.3, -0.25) is 4.79 Å². The third-order valence-electron chi connectivity index (χ3n) is 3.92. The van der Waals surface area contributed by atoms with Gasteiger partial charge in [-0.15, -0.1) is 0 Å². The van der Waals surface area contributed by atoms with E-state index in [2.05, 4.69) is 17.2 Å². The largest absolute Gasteiger partial charge is 0.330 e. The minimum absolute atomic E-state index is 0.0736. The molecule has 3 rings (SSSR count). The van der Waals surface area contributed by atoms with Gasteiger partial charge in [-0.2, -0.15) is 0 Å². The molecule has 0 saturated carbocycles. The van der Waals surface area contributed by atoms with Gasteiger partial charge in [0.15, 0.2) is 5.78 Å². The molecule has 0 radical (unpaired) electrons. The van der Waals surface area contributed by atoms with Crippen molar-refractivity contribution in [3.05, 3.63) is 82.8 Å². The van der Waals surface area contributed by atoms with Crippen molar-refractivity contribution < 1.29 is 14.0 Å². The van der Waals surface area contributed by atoms with Crippen molar-refractivity contribution in [3.63, 3.8) is 0 Å². The number of halogens is 2. The summed E-state index contributed by atoms with van der Waals surface area (Å²) in [5, 5.41) is 5.22. The molecule has 122 valence electrons. The Bertz CT molecular complexity index is 803. The van der Waals surface area contributed by atoms with Crippen molar-refractivity contribution in [2.24, 2.45) is 5.92 Å². The van der Waals surface area contributed by atoms with Crippen LogP contribution in [0.2, 0.25) is 5.02 Å². The number of hydrogen-bond donors (Lipinski definition) is 2. The standard InChI is InChI=1S/C18H14ClFN2O2/c1-10-14(17(23)11-6-3-2-4-7-11)16(22-18(24)21-10)15-12(19)8-5-9-13(15)20/h2-9,14,16H,1H2,(H2,21,22,24)/t14-,16-/m1/s1. The van der Waals surface area contributed by atoms with Crippen LogP contribution in [0.25, 0.3) is 0 Å². The molecule has 0 spiro atoms. The Kier molecular flexibility index (Phi) is 4.36. The van der Waals surface area contributed by atoms with Crippen LogP contribution in [0.1, 0.15) is 22.0 Å². The topological polar surface area (TPSA) is 58.2 Å². The van der Waals surface area contributed by atoms with E-state index in [9.17, 15) is 14.0 Å². The van der Waals surface area contributed by atoms with E-state index < -0.39 is 23.8 Å². The molecule has 0 aromatic heterocycles. The summed E-state index contributed by atoms with van der Waals surface area (Å²) in [7, 11) is 0. The molecule has 2 atom stereocenters. The fourth-order valence-electron chi connectivity index (χ4n) is 2.82. The summed E-state index contributed by atoms with van der Waals surface area (Å²) in [4.78, 5) is 24.7. The third-order valence-corrected chi connectivity index (χ3v) is 4.25. The highest BCUT2D eigenvalue weighted by Crippen LogP contribution is 2.36. The maximum absolute atomic E-state index is 14.3. The maximum atomic E-state index is 14.3. The van der Waals surface area contributed by atoms with Gasteiger partial charge in [-0.05, 0) is 12.1 Å². The summed E-state index contributed by atoms with van der Waals surface area (Å²) >= 11 is 6.12. The van der Waals surface area contributed by atoms with Crippen molar-refractivity contribution in [2.45, 2.75) is 6.04 Å². The second-order valence-electron chi connectivity index (χ2n) is 5.44. The quantitative estimate of drug-likeness (QED) is 0.831. The summed E-state index contributed by atoms with van der Waals surface area (Å²) in [5.74, 6) is -1.75. The first-order valence-electron chi connectivity index (χ1n) is 7.28. The van der Waals surface area contributed by atoms with E-state index in [1.165, 1.54) is 18.2 Å². The molecular weight excluding hydrogens is 331 g/mol. The van der Waals surface area contributed by atoms with Crippen LogP contribution >= 0.6 is 11.6 Å². The predicted molar refractivity (Wildman–Crippen MR) is 89.2 cm³/mol. The molecule has 2 aromatic rings. The van der Waals surface area contributed by atoms with Crippen LogP contribution in [0.3, 0.4) is 0 Å². The van der Waals surface area contributed by atoms with E-state index in [-0.39, 0.29) is 22.1 Å². The van der Waals surface area contributed by atoms with Crippen LogP contribution in [0, 0.1) is 11.7 Å². The van der Waals surface area contributed by atoms with Crippen molar-refractivity contribution in [1.29, 1.82) is 0 Å². The predicted octanol–water partition coefficient (Wildman–Crippen LogP) is 3.85. The zero-order valence-corrected chi connectivity index (χ0v) is 13.3. The number of nitrogens with one attached hydrogen (secondary N) is 2. The highest BCUT2D eigenvalue weighted by molar-refractivity contribution is 6.31. The molecule has 1 aliphatic heterocycles. The Morgan fingerprint density at radius 2 is 1.83 bits per heavy atom. The van der Waals surface area contributed by atoms with Crippen molar-refractivity contribution in [3.8, 4) is 0 Å². The minimum Gasteiger partial charge on any atom is -0.330 e. The van der Waals surface area contributed by atoms with Gasteiger partial charge in [0.25, 0.3) is 0 Å². The molecule has 4 nitrogen and oxygen atoms in total. The molecule has 2 amide bonds. The zero-order chi connectivity index (χ0) is 17.3. The van der Waals surface area contributed by atoms with Gasteiger partial charge in [-0.25, -0.2) is 9.18 Å². The van der Waals surface area contributed by atoms with Crippen LogP contribution in [-0.2, 0) is 0 Å². The number of rotatable bonds is 3. The van der Waals surface area contributed by atoms with Crippen LogP contribution in [0.15, 0.2) is 60.8 Å². The number of hydrogen-bond acceptors (Lipinski definition) is 2. The fourth-order valence-corrected chi connectivity index (χ4v) is 3.10. The molecule has 2 N–H and O–H groups in total. The first-order valence-corrected chi connectivity index (χ1v) is 7.66. The van der Waals surface area contributed by atoms with Crippen LogP contribution in [0.4, 0.5) is 9.18 Å². The summed E-state index contributed by atoms with van der Waals surface area (Å²) in [5.41, 5.74) is 0.723. The maximum Gasteiger partial charge on any atom is 0.319 e. The second-order valence-corrected chi connectivity index (χ2v) is 5.85. The lowest BCUT2D eigenvalue weighted by atomic mass is 9.83. The fraction of sp³-hybridized carbons (Fsp3) is 0.111. The molecule has 1 fully saturated rings. The summed E-state index contributed by atoms with van der Waals surface area (Å²) < 4.78 is 14.3. The van der Waals surface area contributed by atoms with Crippen LogP contribution < -0.4 is 10.6 Å². The lowest BCUT2D eigenvalue weighted by Gasteiger charge is -2.34. The zero-order valence-electron chi connectivity index (χ0n) is 12.6. The Hall–Kier alpha value is -2.66. The van der Waals surface area contributed by atoms with E-state index >= 15 is 0 Å². The number of carbonyl (C=O) groups is 2. The molecule has 24 heavy (non-hydrogen) atoms. The summed E-state index contributed by atoms with van der Waals surface area (Å²) in [6.07, 6.45) is 0. The first-order chi connectivity index (χ1) is 11.5. The molecule has 2 aromatic carbocycles. The highest BCUT2D eigenvalue weighted by atomic mass is 35.5. The molecule has 1 heterocycles. The smallest absolute Gasteiger partial charge is 0.319 e. The lowest BCUT2D eigenvalue weighted by molar-refractivity contribution is 0.0904. The normalized spacial score (nSPS) is 20.2. The number of amides is 2. The Morgan fingerprint density at radius 3 is 2.50 bits per heavy atom. The van der Waals surface area contributed by atoms with Gasteiger partial charge in [0, 0.05) is 21.8 Å².